The first-order valence-corrected chi connectivity index (χ1v) is 9.74. The van der Waals surface area contributed by atoms with Crippen LogP contribution in [-0.4, -0.2) is 29.0 Å². The standard InChI is InChI=1S/C22H21F3N4O2/c1-31-16-9-7-15(8-10-16)17-11-19(22(23,24)25)29-20(27-17)12-18(28-29)21(30)26-13-14-5-3-2-4-6-14/h2-10,12,17,19,27H,11,13H2,1H3,(H,26,30)/t17-,19-/m1/s1. The van der Waals surface area contributed by atoms with Crippen LogP contribution in [0.15, 0.2) is 60.7 Å². The second kappa shape index (κ2) is 8.33. The molecule has 0 saturated carbocycles. The van der Waals surface area contributed by atoms with Gasteiger partial charge in [-0.15, -0.1) is 0 Å². The molecule has 1 aliphatic rings. The summed E-state index contributed by atoms with van der Waals surface area (Å²) in [6.45, 7) is 0.256. The van der Waals surface area contributed by atoms with Gasteiger partial charge in [-0.2, -0.15) is 18.3 Å². The summed E-state index contributed by atoms with van der Waals surface area (Å²) in [6.07, 6.45) is -4.75. The molecular weight excluding hydrogens is 409 g/mol. The molecule has 6 nitrogen and oxygen atoms in total. The molecule has 0 bridgehead atoms. The van der Waals surface area contributed by atoms with E-state index in [2.05, 4.69) is 15.7 Å². The zero-order valence-corrected chi connectivity index (χ0v) is 16.7. The number of methoxy groups -OCH3 is 1. The maximum Gasteiger partial charge on any atom is 0.410 e. The third-order valence-corrected chi connectivity index (χ3v) is 5.24. The highest BCUT2D eigenvalue weighted by atomic mass is 19.4. The van der Waals surface area contributed by atoms with Gasteiger partial charge in [-0.25, -0.2) is 4.68 Å². The number of ether oxygens (including phenoxy) is 1. The van der Waals surface area contributed by atoms with Gasteiger partial charge in [-0.1, -0.05) is 42.5 Å². The van der Waals surface area contributed by atoms with Crippen molar-refractivity contribution in [2.24, 2.45) is 0 Å². The van der Waals surface area contributed by atoms with Gasteiger partial charge in [-0.3, -0.25) is 4.79 Å². The number of rotatable bonds is 5. The van der Waals surface area contributed by atoms with E-state index in [0.717, 1.165) is 10.2 Å². The molecule has 3 aromatic rings. The molecule has 1 aromatic heterocycles. The number of carbonyl (C=O) groups excluding carboxylic acids is 1. The molecule has 1 amide bonds. The minimum absolute atomic E-state index is 0.0666. The fraction of sp³-hybridized carbons (Fsp3) is 0.273. The van der Waals surface area contributed by atoms with Crippen molar-refractivity contribution in [2.75, 3.05) is 12.4 Å². The molecule has 0 unspecified atom stereocenters. The Labute approximate surface area is 177 Å². The zero-order valence-electron chi connectivity index (χ0n) is 16.7. The molecule has 2 N–H and O–H groups in total. The van der Waals surface area contributed by atoms with Gasteiger partial charge in [0.05, 0.1) is 13.2 Å². The third-order valence-electron chi connectivity index (χ3n) is 5.24. The Kier molecular flexibility index (Phi) is 5.58. The van der Waals surface area contributed by atoms with E-state index in [1.165, 1.54) is 13.2 Å². The van der Waals surface area contributed by atoms with E-state index in [4.69, 9.17) is 4.74 Å². The topological polar surface area (TPSA) is 68.2 Å². The Hall–Kier alpha value is -3.49. The molecule has 1 aliphatic heterocycles. The summed E-state index contributed by atoms with van der Waals surface area (Å²) < 4.78 is 47.4. The summed E-state index contributed by atoms with van der Waals surface area (Å²) in [5.41, 5.74) is 1.51. The van der Waals surface area contributed by atoms with Crippen LogP contribution in [0, 0.1) is 0 Å². The van der Waals surface area contributed by atoms with Crippen molar-refractivity contribution >= 4 is 11.7 Å². The molecule has 9 heteroatoms. The molecule has 31 heavy (non-hydrogen) atoms. The Balaban J connectivity index is 1.57. The molecular formula is C22H21F3N4O2. The van der Waals surface area contributed by atoms with Gasteiger partial charge >= 0.3 is 6.18 Å². The lowest BCUT2D eigenvalue weighted by Gasteiger charge is -2.33. The Morgan fingerprint density at radius 2 is 1.90 bits per heavy atom. The van der Waals surface area contributed by atoms with E-state index in [9.17, 15) is 18.0 Å². The van der Waals surface area contributed by atoms with Crippen LogP contribution < -0.4 is 15.4 Å². The second-order valence-corrected chi connectivity index (χ2v) is 7.29. The highest BCUT2D eigenvalue weighted by Gasteiger charge is 2.46. The van der Waals surface area contributed by atoms with Crippen LogP contribution in [0.2, 0.25) is 0 Å². The number of fused-ring (bicyclic) bond motifs is 1. The van der Waals surface area contributed by atoms with Gasteiger partial charge in [0.1, 0.15) is 11.6 Å². The molecule has 0 aliphatic carbocycles. The molecule has 0 saturated heterocycles. The summed E-state index contributed by atoms with van der Waals surface area (Å²) in [4.78, 5) is 12.5. The van der Waals surface area contributed by atoms with Gasteiger partial charge in [0.25, 0.3) is 5.91 Å². The largest absolute Gasteiger partial charge is 0.497 e. The molecule has 4 rings (SSSR count). The summed E-state index contributed by atoms with van der Waals surface area (Å²) in [7, 11) is 1.52. The van der Waals surface area contributed by atoms with Crippen molar-refractivity contribution in [1.82, 2.24) is 15.1 Å². The highest BCUT2D eigenvalue weighted by Crippen LogP contribution is 2.43. The van der Waals surface area contributed by atoms with Crippen LogP contribution in [0.1, 0.15) is 40.1 Å². The maximum atomic E-state index is 13.8. The van der Waals surface area contributed by atoms with Crippen molar-refractivity contribution < 1.29 is 22.7 Å². The molecule has 2 atom stereocenters. The van der Waals surface area contributed by atoms with Crippen LogP contribution in [0.25, 0.3) is 0 Å². The minimum atomic E-state index is -4.51. The Bertz CT molecular complexity index is 1050. The van der Waals surface area contributed by atoms with Gasteiger partial charge in [0.2, 0.25) is 0 Å². The van der Waals surface area contributed by atoms with Gasteiger partial charge in [0, 0.05) is 19.0 Å². The predicted molar refractivity (Wildman–Crippen MR) is 109 cm³/mol. The summed E-state index contributed by atoms with van der Waals surface area (Å²) in [5.74, 6) is 0.239. The summed E-state index contributed by atoms with van der Waals surface area (Å²) in [6, 6.07) is 15.0. The zero-order chi connectivity index (χ0) is 22.0. The van der Waals surface area contributed by atoms with E-state index in [1.54, 1.807) is 24.3 Å². The van der Waals surface area contributed by atoms with Crippen LogP contribution in [-0.2, 0) is 6.54 Å². The summed E-state index contributed by atoms with van der Waals surface area (Å²) in [5, 5.41) is 9.75. The number of nitrogens with one attached hydrogen (secondary N) is 2. The highest BCUT2D eigenvalue weighted by molar-refractivity contribution is 5.93. The molecule has 0 radical (unpaired) electrons. The number of amides is 1. The average molecular weight is 430 g/mol. The van der Waals surface area contributed by atoms with E-state index >= 15 is 0 Å². The molecule has 2 heterocycles. The van der Waals surface area contributed by atoms with Crippen LogP contribution in [0.5, 0.6) is 5.75 Å². The molecule has 2 aromatic carbocycles. The first-order valence-electron chi connectivity index (χ1n) is 9.74. The molecule has 0 fully saturated rings. The van der Waals surface area contributed by atoms with Crippen LogP contribution >= 0.6 is 0 Å². The van der Waals surface area contributed by atoms with Gasteiger partial charge < -0.3 is 15.4 Å². The maximum absolute atomic E-state index is 13.8. The van der Waals surface area contributed by atoms with Crippen LogP contribution in [0.4, 0.5) is 19.0 Å². The second-order valence-electron chi connectivity index (χ2n) is 7.29. The molecule has 162 valence electrons. The fourth-order valence-electron chi connectivity index (χ4n) is 3.61. The smallest absolute Gasteiger partial charge is 0.410 e. The van der Waals surface area contributed by atoms with Crippen molar-refractivity contribution in [3.63, 3.8) is 0 Å². The quantitative estimate of drug-likeness (QED) is 0.626. The van der Waals surface area contributed by atoms with Gasteiger partial charge in [-0.05, 0) is 23.3 Å². The van der Waals surface area contributed by atoms with E-state index in [0.29, 0.717) is 11.3 Å². The normalized spacial score (nSPS) is 18.1. The number of alkyl halides is 3. The number of aromatic nitrogens is 2. The van der Waals surface area contributed by atoms with Crippen LogP contribution in [0.3, 0.4) is 0 Å². The number of carbonyl (C=O) groups is 1. The number of hydrogen-bond acceptors (Lipinski definition) is 4. The lowest BCUT2D eigenvalue weighted by atomic mass is 9.97. The lowest BCUT2D eigenvalue weighted by molar-refractivity contribution is -0.173. The number of halogens is 3. The Morgan fingerprint density at radius 3 is 2.55 bits per heavy atom. The lowest BCUT2D eigenvalue weighted by Crippen LogP contribution is -2.35. The SMILES string of the molecule is COc1ccc([C@H]2C[C@H](C(F)(F)F)n3nc(C(=O)NCc4ccccc4)cc3N2)cc1. The third kappa shape index (κ3) is 4.50. The van der Waals surface area contributed by atoms with Crippen molar-refractivity contribution in [2.45, 2.75) is 31.2 Å². The number of anilines is 1. The van der Waals surface area contributed by atoms with Crippen molar-refractivity contribution in [3.8, 4) is 5.75 Å². The van der Waals surface area contributed by atoms with E-state index < -0.39 is 24.2 Å². The van der Waals surface area contributed by atoms with E-state index in [-0.39, 0.29) is 24.5 Å². The number of benzene rings is 2. The van der Waals surface area contributed by atoms with E-state index in [1.807, 2.05) is 30.3 Å². The Morgan fingerprint density at radius 1 is 1.19 bits per heavy atom. The monoisotopic (exact) mass is 430 g/mol. The predicted octanol–water partition coefficient (Wildman–Crippen LogP) is 4.48. The summed E-state index contributed by atoms with van der Waals surface area (Å²) >= 11 is 0. The molecule has 0 spiro atoms. The minimum Gasteiger partial charge on any atom is -0.497 e. The number of nitrogens with zero attached hydrogens (tertiary/aromatic N) is 2. The van der Waals surface area contributed by atoms with Crippen molar-refractivity contribution in [3.05, 3.63) is 77.5 Å². The van der Waals surface area contributed by atoms with Crippen molar-refractivity contribution in [1.29, 1.82) is 0 Å². The fourth-order valence-corrected chi connectivity index (χ4v) is 3.61. The first-order chi connectivity index (χ1) is 14.8. The van der Waals surface area contributed by atoms with Gasteiger partial charge in [0.15, 0.2) is 11.7 Å². The first kappa shape index (κ1) is 20.8. The average Bonchev–Trinajstić information content (AvgIpc) is 3.21. The number of hydrogen-bond donors (Lipinski definition) is 2.